The second kappa shape index (κ2) is 12.8. The van der Waals surface area contributed by atoms with Crippen molar-refractivity contribution >= 4 is 16.8 Å². The van der Waals surface area contributed by atoms with Gasteiger partial charge in [0.15, 0.2) is 0 Å². The van der Waals surface area contributed by atoms with E-state index in [1.807, 2.05) is 24.1 Å². The first kappa shape index (κ1) is 26.8. The molecule has 0 aliphatic carbocycles. The molecule has 38 heavy (non-hydrogen) atoms. The molecule has 3 heterocycles. The van der Waals surface area contributed by atoms with Crippen LogP contribution in [-0.2, 0) is 14.3 Å². The molecular formula is C32H41N3O3. The maximum atomic E-state index is 12.2. The smallest absolute Gasteiger partial charge is 0.222 e. The summed E-state index contributed by atoms with van der Waals surface area (Å²) in [5.74, 6) is 0.674. The van der Waals surface area contributed by atoms with Gasteiger partial charge >= 0.3 is 0 Å². The molecule has 0 radical (unpaired) electrons. The Morgan fingerprint density at radius 1 is 1.05 bits per heavy atom. The van der Waals surface area contributed by atoms with Gasteiger partial charge < -0.3 is 14.4 Å². The van der Waals surface area contributed by atoms with Crippen molar-refractivity contribution in [2.75, 3.05) is 52.5 Å². The molecule has 2 fully saturated rings. The van der Waals surface area contributed by atoms with E-state index in [0.29, 0.717) is 12.3 Å². The summed E-state index contributed by atoms with van der Waals surface area (Å²) in [5.41, 5.74) is 5.92. The van der Waals surface area contributed by atoms with Crippen molar-refractivity contribution < 1.29 is 14.3 Å². The molecule has 6 nitrogen and oxygen atoms in total. The van der Waals surface area contributed by atoms with Crippen LogP contribution in [0.5, 0.6) is 0 Å². The van der Waals surface area contributed by atoms with Gasteiger partial charge in [-0.1, -0.05) is 49.4 Å². The number of morpholine rings is 1. The molecule has 202 valence electrons. The lowest BCUT2D eigenvalue weighted by molar-refractivity contribution is -0.133. The van der Waals surface area contributed by atoms with Crippen LogP contribution in [-0.4, -0.2) is 73.2 Å². The average molecular weight is 516 g/mol. The number of piperidine rings is 1. The van der Waals surface area contributed by atoms with Gasteiger partial charge in [0.05, 0.1) is 24.8 Å². The van der Waals surface area contributed by atoms with E-state index in [0.717, 1.165) is 77.3 Å². The van der Waals surface area contributed by atoms with E-state index in [2.05, 4.69) is 59.3 Å². The molecule has 6 heteroatoms. The Morgan fingerprint density at radius 3 is 2.55 bits per heavy atom. The molecule has 1 aromatic heterocycles. The van der Waals surface area contributed by atoms with Gasteiger partial charge in [-0.3, -0.25) is 14.7 Å². The van der Waals surface area contributed by atoms with Gasteiger partial charge in [-0.25, -0.2) is 0 Å². The zero-order chi connectivity index (χ0) is 26.3. The first-order valence-corrected chi connectivity index (χ1v) is 14.3. The lowest BCUT2D eigenvalue weighted by Gasteiger charge is -2.36. The van der Waals surface area contributed by atoms with Crippen molar-refractivity contribution in [1.29, 1.82) is 0 Å². The summed E-state index contributed by atoms with van der Waals surface area (Å²) < 4.78 is 12.1. The summed E-state index contributed by atoms with van der Waals surface area (Å²) >= 11 is 0. The van der Waals surface area contributed by atoms with Crippen LogP contribution in [0, 0.1) is 12.8 Å². The van der Waals surface area contributed by atoms with Crippen LogP contribution in [0.4, 0.5) is 0 Å². The number of carbonyl (C=O) groups excluding carboxylic acids is 1. The van der Waals surface area contributed by atoms with E-state index in [-0.39, 0.29) is 12.0 Å². The Hall–Kier alpha value is -2.80. The van der Waals surface area contributed by atoms with Gasteiger partial charge in [0.2, 0.25) is 5.91 Å². The maximum Gasteiger partial charge on any atom is 0.222 e. The number of pyridine rings is 1. The minimum absolute atomic E-state index is 0.0481. The van der Waals surface area contributed by atoms with Gasteiger partial charge in [0, 0.05) is 57.3 Å². The largest absolute Gasteiger partial charge is 0.379 e. The van der Waals surface area contributed by atoms with Gasteiger partial charge in [0.25, 0.3) is 0 Å². The molecule has 1 unspecified atom stereocenters. The Labute approximate surface area is 226 Å². The Morgan fingerprint density at radius 2 is 1.82 bits per heavy atom. The van der Waals surface area contributed by atoms with Crippen molar-refractivity contribution in [3.8, 4) is 11.1 Å². The Balaban J connectivity index is 1.30. The SMILES string of the molecule is CCC(=O)N1CCC(C(OCCCN2CCOCC2)c2ccc(-c3ccc4cccnc4c3C)cc2)CC1. The number of rotatable bonds is 9. The predicted molar refractivity (Wildman–Crippen MR) is 152 cm³/mol. The topological polar surface area (TPSA) is 54.9 Å². The highest BCUT2D eigenvalue weighted by molar-refractivity contribution is 5.88. The van der Waals surface area contributed by atoms with Crippen molar-refractivity contribution in [1.82, 2.24) is 14.8 Å². The monoisotopic (exact) mass is 515 g/mol. The summed E-state index contributed by atoms with van der Waals surface area (Å²) in [5, 5.41) is 1.17. The number of hydrogen-bond acceptors (Lipinski definition) is 5. The second-order valence-electron chi connectivity index (χ2n) is 10.6. The third-order valence-corrected chi connectivity index (χ3v) is 8.22. The minimum Gasteiger partial charge on any atom is -0.379 e. The summed E-state index contributed by atoms with van der Waals surface area (Å²) in [4.78, 5) is 21.3. The zero-order valence-electron chi connectivity index (χ0n) is 22.9. The molecule has 2 saturated heterocycles. The van der Waals surface area contributed by atoms with Gasteiger partial charge in [-0.2, -0.15) is 0 Å². The lowest BCUT2D eigenvalue weighted by Crippen LogP contribution is -2.40. The molecule has 3 aromatic rings. The molecule has 0 N–H and O–H groups in total. The number of amides is 1. The quantitative estimate of drug-likeness (QED) is 0.345. The zero-order valence-corrected chi connectivity index (χ0v) is 22.9. The fraction of sp³-hybridized carbons (Fsp3) is 0.500. The number of ether oxygens (including phenoxy) is 2. The number of carbonyl (C=O) groups is 1. The predicted octanol–water partition coefficient (Wildman–Crippen LogP) is 5.64. The lowest BCUT2D eigenvalue weighted by atomic mass is 9.86. The number of nitrogens with zero attached hydrogens (tertiary/aromatic N) is 3. The van der Waals surface area contributed by atoms with Crippen molar-refractivity contribution in [2.45, 2.75) is 45.6 Å². The second-order valence-corrected chi connectivity index (χ2v) is 10.6. The van der Waals surface area contributed by atoms with E-state index in [4.69, 9.17) is 9.47 Å². The number of aromatic nitrogens is 1. The summed E-state index contributed by atoms with van der Waals surface area (Å²) in [7, 11) is 0. The average Bonchev–Trinajstić information content (AvgIpc) is 2.98. The fourth-order valence-electron chi connectivity index (χ4n) is 5.96. The highest BCUT2D eigenvalue weighted by Gasteiger charge is 2.30. The van der Waals surface area contributed by atoms with Crippen LogP contribution < -0.4 is 0 Å². The number of benzene rings is 2. The van der Waals surface area contributed by atoms with Crippen LogP contribution in [0.15, 0.2) is 54.7 Å². The number of hydrogen-bond donors (Lipinski definition) is 0. The third-order valence-electron chi connectivity index (χ3n) is 8.22. The van der Waals surface area contributed by atoms with Crippen molar-refractivity contribution in [2.24, 2.45) is 5.92 Å². The van der Waals surface area contributed by atoms with Crippen LogP contribution in [0.25, 0.3) is 22.0 Å². The third kappa shape index (κ3) is 6.25. The van der Waals surface area contributed by atoms with E-state index in [9.17, 15) is 4.79 Å². The first-order chi connectivity index (χ1) is 18.6. The number of fused-ring (bicyclic) bond motifs is 1. The van der Waals surface area contributed by atoms with Gasteiger partial charge in [-0.05, 0) is 60.4 Å². The maximum absolute atomic E-state index is 12.2. The van der Waals surface area contributed by atoms with Crippen LogP contribution in [0.3, 0.4) is 0 Å². The van der Waals surface area contributed by atoms with E-state index >= 15 is 0 Å². The molecule has 5 rings (SSSR count). The highest BCUT2D eigenvalue weighted by atomic mass is 16.5. The standard InChI is InChI=1S/C32H41N3O3/c1-3-30(36)35-17-13-28(14-18-35)32(38-21-5-16-34-19-22-37-23-20-34)27-9-7-25(8-10-27)29-12-11-26-6-4-15-33-31(26)24(29)2/h4,6-12,15,28,32H,3,5,13-14,16-23H2,1-2H3. The summed E-state index contributed by atoms with van der Waals surface area (Å²) in [6, 6.07) is 17.4. The molecule has 1 atom stereocenters. The van der Waals surface area contributed by atoms with Crippen LogP contribution >= 0.6 is 0 Å². The van der Waals surface area contributed by atoms with Gasteiger partial charge in [0.1, 0.15) is 0 Å². The normalized spacial score (nSPS) is 18.1. The van der Waals surface area contributed by atoms with E-state index < -0.39 is 0 Å². The Bertz CT molecular complexity index is 1200. The molecule has 0 saturated carbocycles. The van der Waals surface area contributed by atoms with E-state index in [1.54, 1.807) is 0 Å². The molecule has 2 aliphatic heterocycles. The van der Waals surface area contributed by atoms with Crippen molar-refractivity contribution in [3.63, 3.8) is 0 Å². The molecule has 0 spiro atoms. The summed E-state index contributed by atoms with van der Waals surface area (Å²) in [6.45, 7) is 11.2. The first-order valence-electron chi connectivity index (χ1n) is 14.3. The molecule has 0 bridgehead atoms. The number of aryl methyl sites for hydroxylation is 1. The van der Waals surface area contributed by atoms with Crippen LogP contribution in [0.1, 0.15) is 49.8 Å². The Kier molecular flexibility index (Phi) is 9.05. The molecular weight excluding hydrogens is 474 g/mol. The summed E-state index contributed by atoms with van der Waals surface area (Å²) in [6.07, 6.45) is 5.48. The highest BCUT2D eigenvalue weighted by Crippen LogP contribution is 2.36. The van der Waals surface area contributed by atoms with Crippen molar-refractivity contribution in [3.05, 3.63) is 65.9 Å². The number of likely N-dealkylation sites (tertiary alicyclic amines) is 1. The van der Waals surface area contributed by atoms with Crippen LogP contribution in [0.2, 0.25) is 0 Å². The van der Waals surface area contributed by atoms with Gasteiger partial charge in [-0.15, -0.1) is 0 Å². The fourth-order valence-corrected chi connectivity index (χ4v) is 5.96. The molecule has 2 aliphatic rings. The minimum atomic E-state index is 0.0481. The van der Waals surface area contributed by atoms with E-state index in [1.165, 1.54) is 27.6 Å². The molecule has 1 amide bonds. The molecule has 2 aromatic carbocycles.